The standard InChI is InChI=1S/C32H36ClN7O2.CH4O3S/c1-21-9-11-25(12-10-21)40-29(20-27(37-40)32(3,4)5)36-31(42)35-26-13-14-28(34-22(26)2)38-15-17-39(18-16-38)30(41)23-7-6-8-24(33)19-23;1-5(2,3)4/h6-14,19-20H,15-18H2,1-5H3,(H2,35,36,42);1H3,(H,2,3,4). The van der Waals surface area contributed by atoms with E-state index >= 15 is 0 Å². The number of carbonyl (C=O) groups is 2. The van der Waals surface area contributed by atoms with Gasteiger partial charge in [-0.05, 0) is 56.3 Å². The third-order valence-electron chi connectivity index (χ3n) is 7.28. The summed E-state index contributed by atoms with van der Waals surface area (Å²) in [5.41, 5.74) is 4.60. The molecule has 0 unspecified atom stereocenters. The van der Waals surface area contributed by atoms with Gasteiger partial charge in [-0.3, -0.25) is 14.7 Å². The second kappa shape index (κ2) is 14.5. The summed E-state index contributed by atoms with van der Waals surface area (Å²) in [7, 11) is -3.67. The van der Waals surface area contributed by atoms with Crippen molar-refractivity contribution in [3.8, 4) is 5.69 Å². The first-order valence-electron chi connectivity index (χ1n) is 14.9. The molecule has 12 nitrogen and oxygen atoms in total. The van der Waals surface area contributed by atoms with E-state index in [0.717, 1.165) is 22.8 Å². The van der Waals surface area contributed by atoms with Crippen molar-refractivity contribution >= 4 is 51.0 Å². The van der Waals surface area contributed by atoms with Gasteiger partial charge in [0.05, 0.1) is 29.0 Å². The van der Waals surface area contributed by atoms with Gasteiger partial charge in [0, 0.05) is 48.2 Å². The van der Waals surface area contributed by atoms with Crippen molar-refractivity contribution in [2.24, 2.45) is 0 Å². The minimum absolute atomic E-state index is 0.0230. The Morgan fingerprint density at radius 2 is 1.55 bits per heavy atom. The second-order valence-corrected chi connectivity index (χ2v) is 14.2. The number of carbonyl (C=O) groups excluding carboxylic acids is 2. The largest absolute Gasteiger partial charge is 0.353 e. The summed E-state index contributed by atoms with van der Waals surface area (Å²) in [6.07, 6.45) is 0.715. The number of hydrogen-bond acceptors (Lipinski definition) is 7. The number of urea groups is 1. The minimum Gasteiger partial charge on any atom is -0.353 e. The van der Waals surface area contributed by atoms with Gasteiger partial charge in [0.1, 0.15) is 11.6 Å². The molecule has 2 aromatic heterocycles. The summed E-state index contributed by atoms with van der Waals surface area (Å²) in [4.78, 5) is 34.7. The van der Waals surface area contributed by atoms with Gasteiger partial charge in [-0.15, -0.1) is 0 Å². The fraction of sp³-hybridized carbons (Fsp3) is 0.333. The predicted molar refractivity (Wildman–Crippen MR) is 186 cm³/mol. The van der Waals surface area contributed by atoms with Crippen LogP contribution in [0.1, 0.15) is 48.1 Å². The zero-order chi connectivity index (χ0) is 34.5. The van der Waals surface area contributed by atoms with Gasteiger partial charge in [-0.25, -0.2) is 14.5 Å². The summed E-state index contributed by atoms with van der Waals surface area (Å²) >= 11 is 6.06. The molecule has 1 aliphatic rings. The molecule has 2 aromatic carbocycles. The molecule has 250 valence electrons. The third-order valence-corrected chi connectivity index (χ3v) is 7.51. The average molecular weight is 682 g/mol. The lowest BCUT2D eigenvalue weighted by Crippen LogP contribution is -2.49. The van der Waals surface area contributed by atoms with Gasteiger partial charge in [0.2, 0.25) is 0 Å². The third kappa shape index (κ3) is 10.0. The SMILES string of the molecule is CS(=O)(=O)O.Cc1ccc(-n2nc(C(C)(C)C)cc2NC(=O)Nc2ccc(N3CCN(C(=O)c4cccc(Cl)c4)CC3)nc2C)cc1. The second-order valence-electron chi connectivity index (χ2n) is 12.3. The summed E-state index contributed by atoms with van der Waals surface area (Å²) in [6.45, 7) is 12.7. The van der Waals surface area contributed by atoms with Gasteiger partial charge in [0.25, 0.3) is 16.0 Å². The minimum atomic E-state index is -3.67. The van der Waals surface area contributed by atoms with Crippen LogP contribution in [0, 0.1) is 13.8 Å². The first-order chi connectivity index (χ1) is 22.0. The summed E-state index contributed by atoms with van der Waals surface area (Å²) in [5, 5.41) is 11.2. The fourth-order valence-corrected chi connectivity index (χ4v) is 4.98. The average Bonchev–Trinajstić information content (AvgIpc) is 3.42. The van der Waals surface area contributed by atoms with Gasteiger partial charge in [-0.1, -0.05) is 56.1 Å². The van der Waals surface area contributed by atoms with Crippen molar-refractivity contribution in [1.29, 1.82) is 0 Å². The number of amides is 3. The van der Waals surface area contributed by atoms with E-state index in [9.17, 15) is 18.0 Å². The first kappa shape index (κ1) is 35.4. The normalized spacial score (nSPS) is 13.4. The molecule has 3 amide bonds. The van der Waals surface area contributed by atoms with Crippen LogP contribution in [-0.2, 0) is 15.5 Å². The van der Waals surface area contributed by atoms with Gasteiger partial charge < -0.3 is 15.1 Å². The van der Waals surface area contributed by atoms with Crippen molar-refractivity contribution < 1.29 is 22.6 Å². The number of anilines is 3. The molecule has 0 aliphatic carbocycles. The highest BCUT2D eigenvalue weighted by molar-refractivity contribution is 7.85. The molecule has 14 heteroatoms. The molecular formula is C33H40ClN7O5S. The van der Waals surface area contributed by atoms with Crippen molar-refractivity contribution in [3.05, 3.63) is 94.3 Å². The molecule has 4 aromatic rings. The summed E-state index contributed by atoms with van der Waals surface area (Å²) < 4.78 is 27.6. The smallest absolute Gasteiger partial charge is 0.324 e. The molecule has 5 rings (SSSR count). The van der Waals surface area contributed by atoms with E-state index in [2.05, 4.69) is 36.3 Å². The van der Waals surface area contributed by atoms with Gasteiger partial charge in [0.15, 0.2) is 0 Å². The molecule has 0 spiro atoms. The van der Waals surface area contributed by atoms with E-state index in [0.29, 0.717) is 60.2 Å². The van der Waals surface area contributed by atoms with Crippen LogP contribution in [0.4, 0.5) is 22.1 Å². The number of aromatic nitrogens is 3. The monoisotopic (exact) mass is 681 g/mol. The van der Waals surface area contributed by atoms with Crippen molar-refractivity contribution in [1.82, 2.24) is 19.7 Å². The Morgan fingerprint density at radius 1 is 0.915 bits per heavy atom. The number of rotatable bonds is 5. The molecule has 47 heavy (non-hydrogen) atoms. The first-order valence-corrected chi connectivity index (χ1v) is 17.2. The number of nitrogens with one attached hydrogen (secondary N) is 2. The maximum atomic E-state index is 13.1. The van der Waals surface area contributed by atoms with Crippen LogP contribution in [0.2, 0.25) is 5.02 Å². The molecule has 3 heterocycles. The molecular weight excluding hydrogens is 642 g/mol. The van der Waals surface area contributed by atoms with Gasteiger partial charge in [-0.2, -0.15) is 13.5 Å². The summed E-state index contributed by atoms with van der Waals surface area (Å²) in [5.74, 6) is 1.36. The Kier molecular flexibility index (Phi) is 10.9. The van der Waals surface area contributed by atoms with E-state index in [4.69, 9.17) is 26.2 Å². The summed E-state index contributed by atoms with van der Waals surface area (Å²) in [6, 6.07) is 20.3. The van der Waals surface area contributed by atoms with Gasteiger partial charge >= 0.3 is 6.03 Å². The van der Waals surface area contributed by atoms with E-state index in [1.54, 1.807) is 28.9 Å². The highest BCUT2D eigenvalue weighted by atomic mass is 35.5. The van der Waals surface area contributed by atoms with E-state index in [1.165, 1.54) is 0 Å². The quantitative estimate of drug-likeness (QED) is 0.219. The molecule has 0 radical (unpaired) electrons. The Hall–Kier alpha value is -4.46. The highest BCUT2D eigenvalue weighted by Gasteiger charge is 2.24. The highest BCUT2D eigenvalue weighted by Crippen LogP contribution is 2.27. The number of aryl methyl sites for hydroxylation is 2. The predicted octanol–water partition coefficient (Wildman–Crippen LogP) is 5.95. The zero-order valence-electron chi connectivity index (χ0n) is 27.3. The van der Waals surface area contributed by atoms with E-state index in [-0.39, 0.29) is 17.4 Å². The van der Waals surface area contributed by atoms with Crippen molar-refractivity contribution in [2.75, 3.05) is 48.0 Å². The lowest BCUT2D eigenvalue weighted by molar-refractivity contribution is 0.0746. The van der Waals surface area contributed by atoms with Crippen LogP contribution in [0.5, 0.6) is 0 Å². The van der Waals surface area contributed by atoms with Crippen LogP contribution < -0.4 is 15.5 Å². The fourth-order valence-electron chi connectivity index (χ4n) is 4.79. The van der Waals surface area contributed by atoms with Crippen molar-refractivity contribution in [3.63, 3.8) is 0 Å². The lowest BCUT2D eigenvalue weighted by Gasteiger charge is -2.35. The Labute approximate surface area is 280 Å². The van der Waals surface area contributed by atoms with Crippen LogP contribution in [0.3, 0.4) is 0 Å². The Balaban J connectivity index is 0.000000930. The lowest BCUT2D eigenvalue weighted by atomic mass is 9.92. The van der Waals surface area contributed by atoms with Crippen molar-refractivity contribution in [2.45, 2.75) is 40.0 Å². The van der Waals surface area contributed by atoms with Crippen LogP contribution in [0.15, 0.2) is 66.7 Å². The molecule has 1 aliphatic heterocycles. The number of piperazine rings is 1. The van der Waals surface area contributed by atoms with Crippen LogP contribution >= 0.6 is 11.6 Å². The molecule has 1 saturated heterocycles. The van der Waals surface area contributed by atoms with E-state index in [1.807, 2.05) is 61.2 Å². The molecule has 0 bridgehead atoms. The topological polar surface area (TPSA) is 150 Å². The molecule has 3 N–H and O–H groups in total. The number of pyridine rings is 1. The maximum Gasteiger partial charge on any atom is 0.324 e. The number of halogens is 1. The van der Waals surface area contributed by atoms with Crippen LogP contribution in [0.25, 0.3) is 5.69 Å². The van der Waals surface area contributed by atoms with Crippen LogP contribution in [-0.4, -0.2) is 77.0 Å². The number of nitrogens with zero attached hydrogens (tertiary/aromatic N) is 5. The molecule has 1 fully saturated rings. The van der Waals surface area contributed by atoms with E-state index < -0.39 is 10.1 Å². The maximum absolute atomic E-state index is 13.1. The molecule has 0 atom stereocenters. The molecule has 0 saturated carbocycles. The zero-order valence-corrected chi connectivity index (χ0v) is 28.9. The Bertz CT molecular complexity index is 1840. The Morgan fingerprint density at radius 3 is 2.13 bits per heavy atom. The number of benzene rings is 2. The number of hydrogen-bond donors (Lipinski definition) is 3.